The number of aliphatic hydroxyl groups excluding tert-OH is 1. The van der Waals surface area contributed by atoms with Gasteiger partial charge >= 0.3 is 6.09 Å². The number of nitrogens with zero attached hydrogens (tertiary/aromatic N) is 1. The number of imide groups is 1. The minimum Gasteiger partial charge on any atom is -0.510 e. The Hall–Kier alpha value is -2.30. The van der Waals surface area contributed by atoms with Gasteiger partial charge in [-0.15, -0.1) is 0 Å². The summed E-state index contributed by atoms with van der Waals surface area (Å²) >= 11 is 0. The molecule has 5 heteroatoms. The molecule has 2 amide bonds. The van der Waals surface area contributed by atoms with E-state index in [4.69, 9.17) is 4.74 Å². The van der Waals surface area contributed by atoms with E-state index in [0.29, 0.717) is 0 Å². The van der Waals surface area contributed by atoms with Gasteiger partial charge in [-0.25, -0.2) is 9.69 Å². The van der Waals surface area contributed by atoms with Crippen molar-refractivity contribution in [3.05, 3.63) is 47.7 Å². The van der Waals surface area contributed by atoms with Gasteiger partial charge in [-0.05, 0) is 12.5 Å². The van der Waals surface area contributed by atoms with Crippen molar-refractivity contribution in [1.82, 2.24) is 4.90 Å². The highest BCUT2D eigenvalue weighted by Crippen LogP contribution is 2.18. The minimum atomic E-state index is -0.753. The molecule has 1 aliphatic rings. The Morgan fingerprint density at radius 3 is 2.61 bits per heavy atom. The number of carbonyl (C=O) groups excluding carboxylic acids is 2. The Balaban J connectivity index is 1.96. The van der Waals surface area contributed by atoms with Crippen LogP contribution in [0.25, 0.3) is 0 Å². The summed E-state index contributed by atoms with van der Waals surface area (Å²) in [5.74, 6) is -0.685. The fourth-order valence-corrected chi connectivity index (χ4v) is 1.68. The van der Waals surface area contributed by atoms with E-state index in [2.05, 4.69) is 0 Å². The molecule has 18 heavy (non-hydrogen) atoms. The molecule has 2 rings (SSSR count). The summed E-state index contributed by atoms with van der Waals surface area (Å²) in [5.41, 5.74) is 0.835. The van der Waals surface area contributed by atoms with Crippen LogP contribution >= 0.6 is 0 Å². The average Bonchev–Trinajstić information content (AvgIpc) is 2.62. The molecule has 0 radical (unpaired) electrons. The highest BCUT2D eigenvalue weighted by molar-refractivity contribution is 6.01. The third-order valence-electron chi connectivity index (χ3n) is 2.73. The van der Waals surface area contributed by atoms with Crippen molar-refractivity contribution in [1.29, 1.82) is 0 Å². The molecule has 0 fully saturated rings. The zero-order valence-corrected chi connectivity index (χ0v) is 9.87. The van der Waals surface area contributed by atoms with Gasteiger partial charge in [0.1, 0.15) is 12.4 Å². The number of hydrogen-bond acceptors (Lipinski definition) is 4. The lowest BCUT2D eigenvalue weighted by Gasteiger charge is -2.19. The van der Waals surface area contributed by atoms with Gasteiger partial charge in [0.25, 0.3) is 5.91 Å². The van der Waals surface area contributed by atoms with Crippen LogP contribution in [-0.2, 0) is 16.1 Å². The van der Waals surface area contributed by atoms with Crippen molar-refractivity contribution in [2.24, 2.45) is 0 Å². The topological polar surface area (TPSA) is 66.8 Å². The summed E-state index contributed by atoms with van der Waals surface area (Å²) in [7, 11) is 0. The third kappa shape index (κ3) is 2.34. The second kappa shape index (κ2) is 4.91. The van der Waals surface area contributed by atoms with Gasteiger partial charge in [0.05, 0.1) is 6.04 Å². The molecule has 1 aromatic rings. The first-order chi connectivity index (χ1) is 8.59. The summed E-state index contributed by atoms with van der Waals surface area (Å²) in [5, 5.41) is 9.36. The monoisotopic (exact) mass is 247 g/mol. The maximum atomic E-state index is 11.7. The van der Waals surface area contributed by atoms with Crippen molar-refractivity contribution < 1.29 is 19.4 Å². The first-order valence-corrected chi connectivity index (χ1v) is 5.54. The molecule has 1 N–H and O–H groups in total. The fourth-order valence-electron chi connectivity index (χ4n) is 1.68. The van der Waals surface area contributed by atoms with Crippen molar-refractivity contribution in [2.75, 3.05) is 0 Å². The number of benzene rings is 1. The highest BCUT2D eigenvalue weighted by Gasteiger charge is 2.35. The molecular formula is C13H13NO4. The number of carbonyl (C=O) groups is 2. The van der Waals surface area contributed by atoms with Crippen LogP contribution in [0.3, 0.4) is 0 Å². The Morgan fingerprint density at radius 2 is 2.06 bits per heavy atom. The number of rotatable bonds is 2. The Kier molecular flexibility index (Phi) is 3.32. The minimum absolute atomic E-state index is 0.0942. The average molecular weight is 247 g/mol. The maximum Gasteiger partial charge on any atom is 0.417 e. The third-order valence-corrected chi connectivity index (χ3v) is 2.73. The second-order valence-corrected chi connectivity index (χ2v) is 3.99. The fraction of sp³-hybridized carbons (Fsp3) is 0.231. The van der Waals surface area contributed by atoms with Gasteiger partial charge < -0.3 is 9.84 Å². The Labute approximate surface area is 104 Å². The molecule has 1 atom stereocenters. The van der Waals surface area contributed by atoms with Crippen LogP contribution in [0.5, 0.6) is 0 Å². The lowest BCUT2D eigenvalue weighted by atomic mass is 10.2. The summed E-state index contributed by atoms with van der Waals surface area (Å²) in [6.45, 7) is 1.65. The molecule has 0 bridgehead atoms. The molecule has 0 saturated carbocycles. The molecular weight excluding hydrogens is 234 g/mol. The predicted molar refractivity (Wildman–Crippen MR) is 63.6 cm³/mol. The van der Waals surface area contributed by atoms with Gasteiger partial charge in [0.15, 0.2) is 0 Å². The lowest BCUT2D eigenvalue weighted by Crippen LogP contribution is -2.39. The standard InChI is InChI=1S/C13H13NO4/c1-9-11(15)7-12(16)14(9)13(17)18-8-10-5-3-2-4-6-10/h2-7,9,15H,8H2,1H3/t9-/m0/s1. The normalized spacial score (nSPS) is 18.7. The molecule has 94 valence electrons. The van der Waals surface area contributed by atoms with Crippen LogP contribution in [0.1, 0.15) is 12.5 Å². The number of amides is 2. The van der Waals surface area contributed by atoms with Gasteiger partial charge in [-0.3, -0.25) is 4.79 Å². The smallest absolute Gasteiger partial charge is 0.417 e. The molecule has 5 nitrogen and oxygen atoms in total. The zero-order valence-electron chi connectivity index (χ0n) is 9.87. The summed E-state index contributed by atoms with van der Waals surface area (Å²) in [6.07, 6.45) is 0.269. The molecule has 0 aliphatic carbocycles. The molecule has 0 saturated heterocycles. The molecule has 0 spiro atoms. The first kappa shape index (κ1) is 12.2. The molecule has 1 heterocycles. The molecule has 1 aliphatic heterocycles. The highest BCUT2D eigenvalue weighted by atomic mass is 16.6. The maximum absolute atomic E-state index is 11.7. The van der Waals surface area contributed by atoms with E-state index in [9.17, 15) is 14.7 Å². The van der Waals surface area contributed by atoms with Gasteiger partial charge in [0.2, 0.25) is 0 Å². The first-order valence-electron chi connectivity index (χ1n) is 5.54. The van der Waals surface area contributed by atoms with Gasteiger partial charge in [0, 0.05) is 6.08 Å². The van der Waals surface area contributed by atoms with E-state index in [-0.39, 0.29) is 12.4 Å². The van der Waals surface area contributed by atoms with E-state index in [1.807, 2.05) is 30.3 Å². The van der Waals surface area contributed by atoms with Crippen molar-refractivity contribution in [3.8, 4) is 0 Å². The quantitative estimate of drug-likeness (QED) is 0.867. The Bertz CT molecular complexity index is 495. The van der Waals surface area contributed by atoms with Crippen molar-refractivity contribution in [2.45, 2.75) is 19.6 Å². The summed E-state index contributed by atoms with van der Waals surface area (Å²) in [4.78, 5) is 24.0. The van der Waals surface area contributed by atoms with E-state index in [1.165, 1.54) is 0 Å². The van der Waals surface area contributed by atoms with Crippen molar-refractivity contribution in [3.63, 3.8) is 0 Å². The van der Waals surface area contributed by atoms with E-state index in [0.717, 1.165) is 16.5 Å². The van der Waals surface area contributed by atoms with Crippen LogP contribution in [0.15, 0.2) is 42.2 Å². The number of hydrogen-bond donors (Lipinski definition) is 1. The second-order valence-electron chi connectivity index (χ2n) is 3.99. The lowest BCUT2D eigenvalue weighted by molar-refractivity contribution is -0.124. The Morgan fingerprint density at radius 1 is 1.39 bits per heavy atom. The van der Waals surface area contributed by atoms with E-state index in [1.54, 1.807) is 6.92 Å². The predicted octanol–water partition coefficient (Wildman–Crippen LogP) is 2.00. The van der Waals surface area contributed by atoms with Crippen LogP contribution in [0.4, 0.5) is 4.79 Å². The zero-order chi connectivity index (χ0) is 13.1. The van der Waals surface area contributed by atoms with Crippen LogP contribution in [-0.4, -0.2) is 28.0 Å². The van der Waals surface area contributed by atoms with Crippen LogP contribution in [0, 0.1) is 0 Å². The summed E-state index contributed by atoms with van der Waals surface area (Å²) < 4.78 is 5.02. The summed E-state index contributed by atoms with van der Waals surface area (Å²) in [6, 6.07) is 8.50. The van der Waals surface area contributed by atoms with Gasteiger partial charge in [-0.2, -0.15) is 0 Å². The SMILES string of the molecule is C[C@H]1C(O)=CC(=O)N1C(=O)OCc1ccccc1. The molecule has 0 unspecified atom stereocenters. The molecule has 0 aromatic heterocycles. The van der Waals surface area contributed by atoms with E-state index < -0.39 is 18.0 Å². The van der Waals surface area contributed by atoms with Crippen molar-refractivity contribution >= 4 is 12.0 Å². The number of ether oxygens (including phenoxy) is 1. The largest absolute Gasteiger partial charge is 0.510 e. The molecule has 1 aromatic carbocycles. The van der Waals surface area contributed by atoms with Crippen LogP contribution < -0.4 is 0 Å². The van der Waals surface area contributed by atoms with Crippen LogP contribution in [0.2, 0.25) is 0 Å². The number of aliphatic hydroxyl groups is 1. The van der Waals surface area contributed by atoms with E-state index >= 15 is 0 Å². The van der Waals surface area contributed by atoms with Gasteiger partial charge in [-0.1, -0.05) is 30.3 Å².